The summed E-state index contributed by atoms with van der Waals surface area (Å²) in [7, 11) is 0. The van der Waals surface area contributed by atoms with Gasteiger partial charge in [-0.2, -0.15) is 0 Å². The molecule has 0 aromatic heterocycles. The van der Waals surface area contributed by atoms with Crippen molar-refractivity contribution >= 4 is 17.3 Å². The van der Waals surface area contributed by atoms with Crippen molar-refractivity contribution in [3.8, 4) is 0 Å². The van der Waals surface area contributed by atoms with Crippen LogP contribution in [-0.2, 0) is 4.79 Å². The molecule has 0 radical (unpaired) electrons. The smallest absolute Gasteiger partial charge is 0.229 e. The molecule has 1 aromatic rings. The zero-order valence-electron chi connectivity index (χ0n) is 13.1. The molecule has 1 amide bonds. The second-order valence-corrected chi connectivity index (χ2v) is 6.92. The van der Waals surface area contributed by atoms with Gasteiger partial charge < -0.3 is 10.2 Å². The van der Waals surface area contributed by atoms with Crippen LogP contribution in [-0.4, -0.2) is 19.0 Å². The zero-order valence-corrected chi connectivity index (χ0v) is 13.1. The highest BCUT2D eigenvalue weighted by molar-refractivity contribution is 5.94. The normalized spacial score (nSPS) is 17.1. The maximum Gasteiger partial charge on any atom is 0.229 e. The van der Waals surface area contributed by atoms with Gasteiger partial charge >= 0.3 is 0 Å². The third-order valence-corrected chi connectivity index (χ3v) is 3.96. The minimum absolute atomic E-state index is 0.0528. The molecule has 1 N–H and O–H groups in total. The Morgan fingerprint density at radius 2 is 1.70 bits per heavy atom. The fraction of sp³-hybridized carbons (Fsp3) is 0.588. The van der Waals surface area contributed by atoms with E-state index in [1.54, 1.807) is 0 Å². The maximum atomic E-state index is 11.9. The van der Waals surface area contributed by atoms with Gasteiger partial charge in [-0.1, -0.05) is 27.7 Å². The van der Waals surface area contributed by atoms with Crippen LogP contribution in [0.25, 0.3) is 0 Å². The van der Waals surface area contributed by atoms with Gasteiger partial charge in [0.05, 0.1) is 0 Å². The second-order valence-electron chi connectivity index (χ2n) is 6.92. The Hall–Kier alpha value is -1.51. The molecular formula is C17H26N2O. The van der Waals surface area contributed by atoms with E-state index in [-0.39, 0.29) is 11.3 Å². The van der Waals surface area contributed by atoms with Crippen LogP contribution < -0.4 is 10.2 Å². The molecule has 1 saturated heterocycles. The first-order chi connectivity index (χ1) is 9.36. The summed E-state index contributed by atoms with van der Waals surface area (Å²) >= 11 is 0. The van der Waals surface area contributed by atoms with Crippen LogP contribution in [0.5, 0.6) is 0 Å². The van der Waals surface area contributed by atoms with E-state index >= 15 is 0 Å². The van der Waals surface area contributed by atoms with E-state index in [0.717, 1.165) is 24.7 Å². The molecule has 0 spiro atoms. The van der Waals surface area contributed by atoms with Gasteiger partial charge in [0.15, 0.2) is 0 Å². The molecule has 0 saturated carbocycles. The van der Waals surface area contributed by atoms with E-state index in [9.17, 15) is 4.79 Å². The average Bonchev–Trinajstić information content (AvgIpc) is 2.39. The summed E-state index contributed by atoms with van der Waals surface area (Å²) in [6.45, 7) is 10.4. The Bertz CT molecular complexity index is 451. The lowest BCUT2D eigenvalue weighted by Gasteiger charge is -2.32. The number of hydrogen-bond donors (Lipinski definition) is 1. The van der Waals surface area contributed by atoms with Gasteiger partial charge in [-0.3, -0.25) is 4.79 Å². The summed E-state index contributed by atoms with van der Waals surface area (Å²) in [4.78, 5) is 14.4. The number of hydrogen-bond acceptors (Lipinski definition) is 2. The maximum absolute atomic E-state index is 11.9. The molecular weight excluding hydrogens is 248 g/mol. The number of carbonyl (C=O) groups is 1. The largest absolute Gasteiger partial charge is 0.372 e. The van der Waals surface area contributed by atoms with E-state index in [1.165, 1.54) is 18.5 Å². The van der Waals surface area contributed by atoms with E-state index < -0.39 is 0 Å². The van der Waals surface area contributed by atoms with E-state index in [0.29, 0.717) is 0 Å². The SMILES string of the molecule is CC1CCN(c2ccc(NC(=O)C(C)(C)C)cc2)CC1. The van der Waals surface area contributed by atoms with Gasteiger partial charge in [-0.25, -0.2) is 0 Å². The number of benzene rings is 1. The van der Waals surface area contributed by atoms with Crippen LogP contribution in [0.4, 0.5) is 11.4 Å². The molecule has 1 aliphatic rings. The first-order valence-electron chi connectivity index (χ1n) is 7.53. The monoisotopic (exact) mass is 274 g/mol. The molecule has 110 valence electrons. The molecule has 3 heteroatoms. The molecule has 1 aliphatic heterocycles. The number of amides is 1. The Morgan fingerprint density at radius 1 is 1.15 bits per heavy atom. The number of carbonyl (C=O) groups excluding carboxylic acids is 1. The van der Waals surface area contributed by atoms with Gasteiger partial charge in [0.25, 0.3) is 0 Å². The van der Waals surface area contributed by atoms with Crippen LogP contribution >= 0.6 is 0 Å². The number of piperidine rings is 1. The summed E-state index contributed by atoms with van der Waals surface area (Å²) in [6.07, 6.45) is 2.53. The molecule has 1 fully saturated rings. The minimum atomic E-state index is -0.359. The van der Waals surface area contributed by atoms with Gasteiger partial charge in [-0.15, -0.1) is 0 Å². The predicted molar refractivity (Wildman–Crippen MR) is 85.1 cm³/mol. The van der Waals surface area contributed by atoms with E-state index in [4.69, 9.17) is 0 Å². The summed E-state index contributed by atoms with van der Waals surface area (Å²) in [5, 5.41) is 2.96. The Kier molecular flexibility index (Phi) is 4.36. The highest BCUT2D eigenvalue weighted by Gasteiger charge is 2.21. The standard InChI is InChI=1S/C17H26N2O/c1-13-9-11-19(12-10-13)15-7-5-14(6-8-15)18-16(20)17(2,3)4/h5-8,13H,9-12H2,1-4H3,(H,18,20). The molecule has 0 unspecified atom stereocenters. The Labute approximate surface area is 122 Å². The van der Waals surface area contributed by atoms with Crippen LogP contribution in [0.3, 0.4) is 0 Å². The second kappa shape index (κ2) is 5.86. The third kappa shape index (κ3) is 3.75. The number of nitrogens with one attached hydrogen (secondary N) is 1. The van der Waals surface area contributed by atoms with Crippen LogP contribution in [0.2, 0.25) is 0 Å². The van der Waals surface area contributed by atoms with Gasteiger partial charge in [-0.05, 0) is 43.0 Å². The van der Waals surface area contributed by atoms with Crippen molar-refractivity contribution in [2.75, 3.05) is 23.3 Å². The molecule has 1 heterocycles. The molecule has 20 heavy (non-hydrogen) atoms. The topological polar surface area (TPSA) is 32.3 Å². The van der Waals surface area contributed by atoms with Gasteiger partial charge in [0, 0.05) is 29.9 Å². The van der Waals surface area contributed by atoms with E-state index in [1.807, 2.05) is 32.9 Å². The van der Waals surface area contributed by atoms with Crippen molar-refractivity contribution < 1.29 is 4.79 Å². The first kappa shape index (κ1) is 14.9. The van der Waals surface area contributed by atoms with Crippen molar-refractivity contribution in [3.63, 3.8) is 0 Å². The highest BCUT2D eigenvalue weighted by Crippen LogP contribution is 2.25. The molecule has 1 aromatic carbocycles. The van der Waals surface area contributed by atoms with Crippen molar-refractivity contribution in [1.82, 2.24) is 0 Å². The minimum Gasteiger partial charge on any atom is -0.372 e. The molecule has 3 nitrogen and oxygen atoms in total. The van der Waals surface area contributed by atoms with Crippen molar-refractivity contribution in [2.24, 2.45) is 11.3 Å². The number of anilines is 2. The Morgan fingerprint density at radius 3 is 2.20 bits per heavy atom. The number of nitrogens with zero attached hydrogens (tertiary/aromatic N) is 1. The van der Waals surface area contributed by atoms with Crippen molar-refractivity contribution in [3.05, 3.63) is 24.3 Å². The quantitative estimate of drug-likeness (QED) is 0.887. The number of rotatable bonds is 2. The average molecular weight is 274 g/mol. The fourth-order valence-electron chi connectivity index (χ4n) is 2.34. The molecule has 0 aliphatic carbocycles. The fourth-order valence-corrected chi connectivity index (χ4v) is 2.34. The summed E-state index contributed by atoms with van der Waals surface area (Å²) < 4.78 is 0. The highest BCUT2D eigenvalue weighted by atomic mass is 16.2. The lowest BCUT2D eigenvalue weighted by Crippen LogP contribution is -2.32. The summed E-state index contributed by atoms with van der Waals surface area (Å²) in [5.74, 6) is 0.897. The van der Waals surface area contributed by atoms with Crippen LogP contribution in [0.1, 0.15) is 40.5 Å². The molecule has 0 bridgehead atoms. The summed E-state index contributed by atoms with van der Waals surface area (Å²) in [5.41, 5.74) is 1.77. The molecule has 2 rings (SSSR count). The van der Waals surface area contributed by atoms with Gasteiger partial charge in [0.2, 0.25) is 5.91 Å². The predicted octanol–water partition coefficient (Wildman–Crippen LogP) is 3.91. The lowest BCUT2D eigenvalue weighted by molar-refractivity contribution is -0.123. The third-order valence-electron chi connectivity index (χ3n) is 3.96. The van der Waals surface area contributed by atoms with Crippen molar-refractivity contribution in [1.29, 1.82) is 0 Å². The van der Waals surface area contributed by atoms with Gasteiger partial charge in [0.1, 0.15) is 0 Å². The first-order valence-corrected chi connectivity index (χ1v) is 7.53. The lowest BCUT2D eigenvalue weighted by atomic mass is 9.95. The van der Waals surface area contributed by atoms with Crippen LogP contribution in [0.15, 0.2) is 24.3 Å². The zero-order chi connectivity index (χ0) is 14.8. The van der Waals surface area contributed by atoms with Crippen molar-refractivity contribution in [2.45, 2.75) is 40.5 Å². The van der Waals surface area contributed by atoms with E-state index in [2.05, 4.69) is 29.3 Å². The summed E-state index contributed by atoms with van der Waals surface area (Å²) in [6, 6.07) is 8.20. The Balaban J connectivity index is 1.98. The molecule has 0 atom stereocenters. The van der Waals surface area contributed by atoms with Crippen LogP contribution in [0, 0.1) is 11.3 Å².